The van der Waals surface area contributed by atoms with E-state index in [0.717, 1.165) is 22.1 Å². The van der Waals surface area contributed by atoms with E-state index in [1.165, 1.54) is 4.88 Å². The van der Waals surface area contributed by atoms with Gasteiger partial charge in [0.2, 0.25) is 0 Å². The van der Waals surface area contributed by atoms with Crippen molar-refractivity contribution in [3.63, 3.8) is 0 Å². The summed E-state index contributed by atoms with van der Waals surface area (Å²) in [4.78, 5) is 5.74. The smallest absolute Gasteiger partial charge is 0.143 e. The normalized spacial score (nSPS) is 12.3. The van der Waals surface area contributed by atoms with Crippen LogP contribution in [0.25, 0.3) is 5.69 Å². The molecule has 3 aromatic rings. The van der Waals surface area contributed by atoms with Gasteiger partial charge in [-0.3, -0.25) is 0 Å². The fourth-order valence-electron chi connectivity index (χ4n) is 2.28. The summed E-state index contributed by atoms with van der Waals surface area (Å²) in [7, 11) is 0. The molecule has 0 fully saturated rings. The SMILES string of the molecule is Cc1nc(C)c(C(C)Nc2cccc(-n3cnnn3)c2)s1. The van der Waals surface area contributed by atoms with Gasteiger partial charge in [-0.2, -0.15) is 0 Å². The van der Waals surface area contributed by atoms with E-state index in [1.54, 1.807) is 22.3 Å². The number of nitrogens with one attached hydrogen (secondary N) is 1. The Morgan fingerprint density at radius 1 is 1.29 bits per heavy atom. The Morgan fingerprint density at radius 2 is 2.14 bits per heavy atom. The summed E-state index contributed by atoms with van der Waals surface area (Å²) < 4.78 is 1.64. The van der Waals surface area contributed by atoms with E-state index in [9.17, 15) is 0 Å². The maximum atomic E-state index is 4.48. The average molecular weight is 300 g/mol. The number of nitrogens with zero attached hydrogens (tertiary/aromatic N) is 5. The highest BCUT2D eigenvalue weighted by atomic mass is 32.1. The largest absolute Gasteiger partial charge is 0.378 e. The van der Waals surface area contributed by atoms with Gasteiger partial charge in [-0.15, -0.1) is 16.4 Å². The Hall–Kier alpha value is -2.28. The summed E-state index contributed by atoms with van der Waals surface area (Å²) in [6.45, 7) is 6.23. The number of rotatable bonds is 4. The van der Waals surface area contributed by atoms with E-state index >= 15 is 0 Å². The standard InChI is InChI=1S/C14H16N6S/c1-9-14(21-11(3)16-9)10(2)17-12-5-4-6-13(7-12)20-8-15-18-19-20/h4-8,10,17H,1-3H3. The Kier molecular flexibility index (Phi) is 3.66. The minimum Gasteiger partial charge on any atom is -0.378 e. The Morgan fingerprint density at radius 3 is 2.81 bits per heavy atom. The fourth-order valence-corrected chi connectivity index (χ4v) is 3.21. The summed E-state index contributed by atoms with van der Waals surface area (Å²) in [6.07, 6.45) is 1.58. The van der Waals surface area contributed by atoms with E-state index < -0.39 is 0 Å². The van der Waals surface area contributed by atoms with Gasteiger partial charge in [-0.25, -0.2) is 9.67 Å². The zero-order valence-electron chi connectivity index (χ0n) is 12.1. The highest BCUT2D eigenvalue weighted by Crippen LogP contribution is 2.27. The van der Waals surface area contributed by atoms with Crippen LogP contribution in [0, 0.1) is 13.8 Å². The summed E-state index contributed by atoms with van der Waals surface area (Å²) in [5.74, 6) is 0. The summed E-state index contributed by atoms with van der Waals surface area (Å²) in [5, 5.41) is 15.8. The summed E-state index contributed by atoms with van der Waals surface area (Å²) in [5.41, 5.74) is 3.05. The minimum atomic E-state index is 0.209. The molecular formula is C14H16N6S. The first-order valence-corrected chi connectivity index (χ1v) is 7.49. The average Bonchev–Trinajstić information content (AvgIpc) is 3.08. The molecule has 6 nitrogen and oxygen atoms in total. The summed E-state index contributed by atoms with van der Waals surface area (Å²) in [6, 6.07) is 8.22. The molecule has 1 unspecified atom stereocenters. The predicted octanol–water partition coefficient (Wildman–Crippen LogP) is 2.91. The lowest BCUT2D eigenvalue weighted by molar-refractivity contribution is 0.788. The number of anilines is 1. The van der Waals surface area contributed by atoms with Gasteiger partial charge in [0.15, 0.2) is 0 Å². The molecule has 0 radical (unpaired) electrons. The number of benzene rings is 1. The number of hydrogen-bond acceptors (Lipinski definition) is 6. The number of aryl methyl sites for hydroxylation is 2. The Labute approximate surface area is 126 Å². The second-order valence-electron chi connectivity index (χ2n) is 4.85. The molecule has 7 heteroatoms. The van der Waals surface area contributed by atoms with Crippen LogP contribution in [0.2, 0.25) is 0 Å². The van der Waals surface area contributed by atoms with Crippen molar-refractivity contribution in [2.75, 3.05) is 5.32 Å². The van der Waals surface area contributed by atoms with Crippen LogP contribution >= 0.6 is 11.3 Å². The number of tetrazole rings is 1. The molecule has 108 valence electrons. The molecule has 0 saturated heterocycles. The zero-order chi connectivity index (χ0) is 14.8. The molecule has 0 saturated carbocycles. The van der Waals surface area contributed by atoms with Crippen LogP contribution in [0.3, 0.4) is 0 Å². The van der Waals surface area contributed by atoms with Crippen molar-refractivity contribution in [3.05, 3.63) is 46.2 Å². The van der Waals surface area contributed by atoms with Gasteiger partial charge < -0.3 is 5.32 Å². The predicted molar refractivity (Wildman–Crippen MR) is 82.8 cm³/mol. The second kappa shape index (κ2) is 5.61. The molecule has 2 aromatic heterocycles. The molecule has 0 aliphatic heterocycles. The van der Waals surface area contributed by atoms with Gasteiger partial charge in [0, 0.05) is 10.6 Å². The van der Waals surface area contributed by atoms with Crippen LogP contribution in [0.15, 0.2) is 30.6 Å². The first kappa shape index (κ1) is 13.7. The minimum absolute atomic E-state index is 0.209. The van der Waals surface area contributed by atoms with E-state index in [4.69, 9.17) is 0 Å². The molecular weight excluding hydrogens is 284 g/mol. The van der Waals surface area contributed by atoms with Gasteiger partial charge in [0.05, 0.1) is 22.4 Å². The van der Waals surface area contributed by atoms with Crippen LogP contribution < -0.4 is 5.32 Å². The van der Waals surface area contributed by atoms with Crippen molar-refractivity contribution in [3.8, 4) is 5.69 Å². The number of hydrogen-bond donors (Lipinski definition) is 1. The maximum Gasteiger partial charge on any atom is 0.143 e. The quantitative estimate of drug-likeness (QED) is 0.802. The lowest BCUT2D eigenvalue weighted by Gasteiger charge is -2.15. The van der Waals surface area contributed by atoms with E-state index in [-0.39, 0.29) is 6.04 Å². The van der Waals surface area contributed by atoms with Gasteiger partial charge in [-0.05, 0) is 49.4 Å². The monoisotopic (exact) mass is 300 g/mol. The van der Waals surface area contributed by atoms with Crippen LogP contribution in [-0.4, -0.2) is 25.2 Å². The molecule has 3 rings (SSSR count). The third-order valence-corrected chi connectivity index (χ3v) is 4.43. The molecule has 0 spiro atoms. The number of aromatic nitrogens is 5. The van der Waals surface area contributed by atoms with Crippen LogP contribution in [0.1, 0.15) is 28.5 Å². The molecule has 21 heavy (non-hydrogen) atoms. The number of thiazole rings is 1. The Balaban J connectivity index is 1.82. The lowest BCUT2D eigenvalue weighted by Crippen LogP contribution is -2.07. The van der Waals surface area contributed by atoms with Crippen LogP contribution in [-0.2, 0) is 0 Å². The lowest BCUT2D eigenvalue weighted by atomic mass is 10.2. The van der Waals surface area contributed by atoms with E-state index in [2.05, 4.69) is 39.7 Å². The highest BCUT2D eigenvalue weighted by molar-refractivity contribution is 7.11. The molecule has 1 atom stereocenters. The molecule has 1 N–H and O–H groups in total. The van der Waals surface area contributed by atoms with Crippen LogP contribution in [0.4, 0.5) is 5.69 Å². The third-order valence-electron chi connectivity index (χ3n) is 3.18. The van der Waals surface area contributed by atoms with E-state index in [0.29, 0.717) is 0 Å². The maximum absolute atomic E-state index is 4.48. The molecule has 0 bridgehead atoms. The topological polar surface area (TPSA) is 68.5 Å². The van der Waals surface area contributed by atoms with Gasteiger partial charge >= 0.3 is 0 Å². The third kappa shape index (κ3) is 2.92. The first-order valence-electron chi connectivity index (χ1n) is 6.67. The second-order valence-corrected chi connectivity index (χ2v) is 6.09. The molecule has 0 aliphatic carbocycles. The van der Waals surface area contributed by atoms with Gasteiger partial charge in [-0.1, -0.05) is 6.07 Å². The van der Waals surface area contributed by atoms with Crippen molar-refractivity contribution >= 4 is 17.0 Å². The molecule has 0 amide bonds. The highest BCUT2D eigenvalue weighted by Gasteiger charge is 2.13. The van der Waals surface area contributed by atoms with Crippen molar-refractivity contribution in [1.29, 1.82) is 0 Å². The van der Waals surface area contributed by atoms with Crippen molar-refractivity contribution < 1.29 is 0 Å². The van der Waals surface area contributed by atoms with Crippen LogP contribution in [0.5, 0.6) is 0 Å². The Bertz CT molecular complexity index is 734. The molecule has 0 aliphatic rings. The van der Waals surface area contributed by atoms with Gasteiger partial charge in [0.25, 0.3) is 0 Å². The fraction of sp³-hybridized carbons (Fsp3) is 0.286. The zero-order valence-corrected chi connectivity index (χ0v) is 12.9. The van der Waals surface area contributed by atoms with Crippen molar-refractivity contribution in [2.45, 2.75) is 26.8 Å². The van der Waals surface area contributed by atoms with Gasteiger partial charge in [0.1, 0.15) is 6.33 Å². The molecule has 2 heterocycles. The first-order chi connectivity index (χ1) is 10.1. The molecule has 1 aromatic carbocycles. The van der Waals surface area contributed by atoms with E-state index in [1.807, 2.05) is 31.2 Å². The van der Waals surface area contributed by atoms with Crippen molar-refractivity contribution in [2.24, 2.45) is 0 Å². The summed E-state index contributed by atoms with van der Waals surface area (Å²) >= 11 is 1.73. The van der Waals surface area contributed by atoms with Crippen molar-refractivity contribution in [1.82, 2.24) is 25.2 Å².